The van der Waals surface area contributed by atoms with Gasteiger partial charge >= 0.3 is 0 Å². The second-order valence-corrected chi connectivity index (χ2v) is 11.3. The summed E-state index contributed by atoms with van der Waals surface area (Å²) in [4.78, 5) is 17.5. The number of benzene rings is 1. The predicted octanol–water partition coefficient (Wildman–Crippen LogP) is 1.95. The lowest BCUT2D eigenvalue weighted by molar-refractivity contribution is -0.139. The minimum Gasteiger partial charge on any atom is -0.486 e. The number of rotatable bonds is 4. The van der Waals surface area contributed by atoms with Crippen molar-refractivity contribution in [2.24, 2.45) is 5.92 Å². The first kappa shape index (κ1) is 22.0. The predicted molar refractivity (Wildman–Crippen MR) is 119 cm³/mol. The van der Waals surface area contributed by atoms with Crippen LogP contribution in [0, 0.1) is 5.92 Å². The number of nitrogens with zero attached hydrogens (tertiary/aromatic N) is 3. The van der Waals surface area contributed by atoms with Crippen molar-refractivity contribution in [3.8, 4) is 11.5 Å². The van der Waals surface area contributed by atoms with Crippen LogP contribution in [0.25, 0.3) is 0 Å². The van der Waals surface area contributed by atoms with Gasteiger partial charge in [-0.15, -0.1) is 0 Å². The topological polar surface area (TPSA) is 79.4 Å². The molecule has 8 nitrogen and oxygen atoms in total. The highest BCUT2D eigenvalue weighted by Crippen LogP contribution is 2.36. The lowest BCUT2D eigenvalue weighted by Gasteiger charge is -2.45. The highest BCUT2D eigenvalue weighted by Gasteiger charge is 2.37. The normalized spacial score (nSPS) is 27.1. The van der Waals surface area contributed by atoms with Crippen molar-refractivity contribution in [1.82, 2.24) is 14.1 Å². The molecular formula is C23H33N3O5S. The van der Waals surface area contributed by atoms with Crippen molar-refractivity contribution in [2.45, 2.75) is 49.5 Å². The second kappa shape index (κ2) is 9.19. The Hall–Kier alpha value is -1.84. The van der Waals surface area contributed by atoms with Gasteiger partial charge in [0.15, 0.2) is 11.5 Å². The van der Waals surface area contributed by atoms with Crippen molar-refractivity contribution in [3.05, 3.63) is 18.2 Å². The molecular weight excluding hydrogens is 430 g/mol. The van der Waals surface area contributed by atoms with E-state index in [1.54, 1.807) is 18.2 Å². The SMILES string of the molecule is O=C(CN1CCN(S(=O)(=O)c2ccc3c(c2)OCCO3)CC1)N1CCC[C@H]2CCCC[C@H]21. The van der Waals surface area contributed by atoms with Gasteiger partial charge in [0.1, 0.15) is 13.2 Å². The van der Waals surface area contributed by atoms with E-state index < -0.39 is 10.0 Å². The molecule has 3 fully saturated rings. The molecule has 2 atom stereocenters. The average molecular weight is 464 g/mol. The van der Waals surface area contributed by atoms with Crippen LogP contribution in [-0.2, 0) is 14.8 Å². The third-order valence-corrected chi connectivity index (χ3v) is 9.30. The standard InChI is InChI=1S/C23H33N3O5S/c27-23(26-9-3-5-18-4-1-2-6-20(18)26)17-24-10-12-25(13-11-24)32(28,29)19-7-8-21-22(16-19)31-15-14-30-21/h7-8,16,18,20H,1-6,9-15,17H2/t18-,20-/m1/s1. The van der Waals surface area contributed by atoms with Crippen molar-refractivity contribution < 1.29 is 22.7 Å². The number of ether oxygens (including phenoxy) is 2. The first-order valence-electron chi connectivity index (χ1n) is 11.9. The Morgan fingerprint density at radius 3 is 2.44 bits per heavy atom. The molecule has 2 saturated heterocycles. The molecule has 0 spiro atoms. The van der Waals surface area contributed by atoms with Crippen LogP contribution in [0.15, 0.2) is 23.1 Å². The largest absolute Gasteiger partial charge is 0.486 e. The summed E-state index contributed by atoms with van der Waals surface area (Å²) in [7, 11) is -3.61. The van der Waals surface area contributed by atoms with E-state index in [2.05, 4.69) is 9.80 Å². The third kappa shape index (κ3) is 4.34. The van der Waals surface area contributed by atoms with Gasteiger partial charge in [-0.25, -0.2) is 8.42 Å². The van der Waals surface area contributed by atoms with Crippen molar-refractivity contribution in [3.63, 3.8) is 0 Å². The summed E-state index contributed by atoms with van der Waals surface area (Å²) >= 11 is 0. The van der Waals surface area contributed by atoms with Crippen LogP contribution in [0.4, 0.5) is 0 Å². The van der Waals surface area contributed by atoms with E-state index in [1.807, 2.05) is 0 Å². The molecule has 9 heteroatoms. The van der Waals surface area contributed by atoms with Crippen molar-refractivity contribution in [1.29, 1.82) is 0 Å². The molecule has 1 aromatic rings. The number of sulfonamides is 1. The maximum absolute atomic E-state index is 13.1. The number of amides is 1. The summed E-state index contributed by atoms with van der Waals surface area (Å²) in [5.41, 5.74) is 0. The number of piperazine rings is 1. The second-order valence-electron chi connectivity index (χ2n) is 9.33. The molecule has 5 rings (SSSR count). The molecule has 1 amide bonds. The summed E-state index contributed by atoms with van der Waals surface area (Å²) in [5, 5.41) is 0. The van der Waals surface area contributed by atoms with Crippen LogP contribution in [0.1, 0.15) is 38.5 Å². The summed E-state index contributed by atoms with van der Waals surface area (Å²) in [6.45, 7) is 4.06. The Morgan fingerprint density at radius 1 is 0.906 bits per heavy atom. The molecule has 3 heterocycles. The third-order valence-electron chi connectivity index (χ3n) is 7.41. The molecule has 0 bridgehead atoms. The van der Waals surface area contributed by atoms with Gasteiger partial charge in [0, 0.05) is 44.8 Å². The van der Waals surface area contributed by atoms with Crippen LogP contribution < -0.4 is 9.47 Å². The van der Waals surface area contributed by atoms with Gasteiger partial charge in [-0.05, 0) is 43.7 Å². The van der Waals surface area contributed by atoms with Gasteiger partial charge in [-0.3, -0.25) is 9.69 Å². The first-order chi connectivity index (χ1) is 15.5. The van der Waals surface area contributed by atoms with E-state index in [0.29, 0.717) is 69.4 Å². The van der Waals surface area contributed by atoms with Crippen LogP contribution in [0.5, 0.6) is 11.5 Å². The van der Waals surface area contributed by atoms with Crippen molar-refractivity contribution >= 4 is 15.9 Å². The van der Waals surface area contributed by atoms with E-state index >= 15 is 0 Å². The van der Waals surface area contributed by atoms with Crippen LogP contribution in [-0.4, -0.2) is 87.0 Å². The molecule has 1 saturated carbocycles. The molecule has 0 unspecified atom stereocenters. The Kier molecular flexibility index (Phi) is 6.31. The quantitative estimate of drug-likeness (QED) is 0.679. The number of piperidine rings is 1. The molecule has 3 aliphatic heterocycles. The molecule has 0 aromatic heterocycles. The lowest BCUT2D eigenvalue weighted by Crippen LogP contribution is -2.55. The highest BCUT2D eigenvalue weighted by atomic mass is 32.2. The van der Waals surface area contributed by atoms with Gasteiger partial charge < -0.3 is 14.4 Å². The Balaban J connectivity index is 1.18. The summed E-state index contributed by atoms with van der Waals surface area (Å²) < 4.78 is 38.8. The zero-order chi connectivity index (χ0) is 22.1. The van der Waals surface area contributed by atoms with E-state index in [-0.39, 0.29) is 10.8 Å². The maximum Gasteiger partial charge on any atom is 0.243 e. The minimum atomic E-state index is -3.61. The Bertz CT molecular complexity index is 943. The number of likely N-dealkylation sites (tertiary alicyclic amines) is 1. The van der Waals surface area contributed by atoms with Gasteiger partial charge in [-0.1, -0.05) is 12.8 Å². The van der Waals surface area contributed by atoms with Crippen LogP contribution >= 0.6 is 0 Å². The maximum atomic E-state index is 13.1. The average Bonchev–Trinajstić information content (AvgIpc) is 2.83. The van der Waals surface area contributed by atoms with Crippen molar-refractivity contribution in [2.75, 3.05) is 52.5 Å². The van der Waals surface area contributed by atoms with E-state index in [0.717, 1.165) is 19.4 Å². The first-order valence-corrected chi connectivity index (χ1v) is 13.4. The zero-order valence-electron chi connectivity index (χ0n) is 18.6. The molecule has 32 heavy (non-hydrogen) atoms. The molecule has 1 aliphatic carbocycles. The molecule has 0 radical (unpaired) electrons. The van der Waals surface area contributed by atoms with Crippen LogP contribution in [0.3, 0.4) is 0 Å². The number of fused-ring (bicyclic) bond motifs is 2. The number of hydrogen-bond acceptors (Lipinski definition) is 6. The number of carbonyl (C=O) groups is 1. The lowest BCUT2D eigenvalue weighted by atomic mass is 9.78. The van der Waals surface area contributed by atoms with Crippen LogP contribution in [0.2, 0.25) is 0 Å². The minimum absolute atomic E-state index is 0.213. The fourth-order valence-corrected chi connectivity index (χ4v) is 7.12. The monoisotopic (exact) mass is 463 g/mol. The molecule has 0 N–H and O–H groups in total. The number of hydrogen-bond donors (Lipinski definition) is 0. The fraction of sp³-hybridized carbons (Fsp3) is 0.696. The molecule has 4 aliphatic rings. The fourth-order valence-electron chi connectivity index (χ4n) is 5.68. The smallest absolute Gasteiger partial charge is 0.243 e. The Labute approximate surface area is 190 Å². The highest BCUT2D eigenvalue weighted by molar-refractivity contribution is 7.89. The van der Waals surface area contributed by atoms with E-state index in [9.17, 15) is 13.2 Å². The molecule has 1 aromatic carbocycles. The van der Waals surface area contributed by atoms with Gasteiger partial charge in [-0.2, -0.15) is 4.31 Å². The van der Waals surface area contributed by atoms with Gasteiger partial charge in [0.2, 0.25) is 15.9 Å². The Morgan fingerprint density at radius 2 is 1.62 bits per heavy atom. The summed E-state index contributed by atoms with van der Waals surface area (Å²) in [6.07, 6.45) is 7.27. The van der Waals surface area contributed by atoms with Gasteiger partial charge in [0.25, 0.3) is 0 Å². The van der Waals surface area contributed by atoms with E-state index in [1.165, 1.54) is 30.0 Å². The molecule has 176 valence electrons. The summed E-state index contributed by atoms with van der Waals surface area (Å²) in [5.74, 6) is 1.94. The number of carbonyl (C=O) groups excluding carboxylic acids is 1. The van der Waals surface area contributed by atoms with Gasteiger partial charge in [0.05, 0.1) is 11.4 Å². The van der Waals surface area contributed by atoms with E-state index in [4.69, 9.17) is 9.47 Å². The zero-order valence-corrected chi connectivity index (χ0v) is 19.4. The summed E-state index contributed by atoms with van der Waals surface area (Å²) in [6, 6.07) is 5.21.